The molecule has 2 aromatic heterocycles. The fraction of sp³-hybridized carbons (Fsp3) is 0.318. The summed E-state index contributed by atoms with van der Waals surface area (Å²) in [4.78, 5) is 27.1. The van der Waals surface area contributed by atoms with Crippen molar-refractivity contribution in [3.8, 4) is 11.3 Å². The molecule has 0 radical (unpaired) electrons. The van der Waals surface area contributed by atoms with Crippen LogP contribution in [0, 0.1) is 17.0 Å². The third-order valence-electron chi connectivity index (χ3n) is 5.96. The summed E-state index contributed by atoms with van der Waals surface area (Å²) >= 11 is 1.65. The smallest absolute Gasteiger partial charge is 0.269 e. The van der Waals surface area contributed by atoms with Gasteiger partial charge in [-0.25, -0.2) is 0 Å². The SMILES string of the molecule is CCN1CCc2c(sc3c2C(=O)N[C@H](c2ccc(-c4ccc([N+](=O)[O-])cc4C)o2)N3)C1. The zero-order valence-electron chi connectivity index (χ0n) is 17.2. The Morgan fingerprint density at radius 2 is 2.13 bits per heavy atom. The Labute approximate surface area is 183 Å². The van der Waals surface area contributed by atoms with E-state index in [0.29, 0.717) is 11.5 Å². The standard InChI is InChI=1S/C22H22N4O4S/c1-3-25-9-8-15-18(11-25)31-22-19(15)21(27)23-20(24-22)17-7-6-16(30-17)14-5-4-13(26(28)29)10-12(14)2/h4-7,10,20,24H,3,8-9,11H2,1-2H3,(H,23,27)/t20-/m0/s1. The third-order valence-corrected chi connectivity index (χ3v) is 7.11. The number of nitrogens with zero attached hydrogens (tertiary/aromatic N) is 2. The molecule has 1 amide bonds. The summed E-state index contributed by atoms with van der Waals surface area (Å²) in [6.07, 6.45) is 0.425. The van der Waals surface area contributed by atoms with Crippen LogP contribution in [0.3, 0.4) is 0 Å². The van der Waals surface area contributed by atoms with E-state index in [0.717, 1.165) is 53.3 Å². The molecule has 31 heavy (non-hydrogen) atoms. The highest BCUT2D eigenvalue weighted by Gasteiger charge is 2.34. The van der Waals surface area contributed by atoms with Crippen molar-refractivity contribution in [1.29, 1.82) is 0 Å². The highest BCUT2D eigenvalue weighted by atomic mass is 32.1. The molecule has 9 heteroatoms. The van der Waals surface area contributed by atoms with Crippen molar-refractivity contribution >= 4 is 27.9 Å². The monoisotopic (exact) mass is 438 g/mol. The molecule has 160 valence electrons. The molecule has 8 nitrogen and oxygen atoms in total. The number of nitro groups is 1. The maximum atomic E-state index is 12.9. The van der Waals surface area contributed by atoms with Crippen molar-refractivity contribution in [2.45, 2.75) is 33.0 Å². The molecule has 0 spiro atoms. The first kappa shape index (κ1) is 19.8. The van der Waals surface area contributed by atoms with Gasteiger partial charge in [0.1, 0.15) is 16.5 Å². The second-order valence-corrected chi connectivity index (χ2v) is 8.94. The summed E-state index contributed by atoms with van der Waals surface area (Å²) in [7, 11) is 0. The second kappa shape index (κ2) is 7.51. The number of thiophene rings is 1. The van der Waals surface area contributed by atoms with Gasteiger partial charge in [-0.05, 0) is 49.2 Å². The molecular formula is C22H22N4O4S. The lowest BCUT2D eigenvalue weighted by Crippen LogP contribution is -2.38. The number of nitro benzene ring substituents is 1. The van der Waals surface area contributed by atoms with Crippen molar-refractivity contribution in [3.63, 3.8) is 0 Å². The molecular weight excluding hydrogens is 416 g/mol. The highest BCUT2D eigenvalue weighted by molar-refractivity contribution is 7.16. The van der Waals surface area contributed by atoms with Crippen LogP contribution in [-0.2, 0) is 13.0 Å². The molecule has 0 saturated heterocycles. The molecule has 0 aliphatic carbocycles. The summed E-state index contributed by atoms with van der Waals surface area (Å²) in [6.45, 7) is 6.82. The summed E-state index contributed by atoms with van der Waals surface area (Å²) in [5.74, 6) is 1.12. The number of likely N-dealkylation sites (N-methyl/N-ethyl adjacent to an activating group) is 1. The lowest BCUT2D eigenvalue weighted by Gasteiger charge is -2.27. The average molecular weight is 439 g/mol. The number of rotatable bonds is 4. The first-order valence-corrected chi connectivity index (χ1v) is 11.1. The zero-order chi connectivity index (χ0) is 21.7. The molecule has 2 N–H and O–H groups in total. The normalized spacial score (nSPS) is 18.1. The Morgan fingerprint density at radius 3 is 2.87 bits per heavy atom. The quantitative estimate of drug-likeness (QED) is 0.461. The second-order valence-electron chi connectivity index (χ2n) is 7.84. The van der Waals surface area contributed by atoms with Crippen LogP contribution in [0.15, 0.2) is 34.7 Å². The average Bonchev–Trinajstić information content (AvgIpc) is 3.37. The van der Waals surface area contributed by atoms with Gasteiger partial charge in [0.05, 0.1) is 10.5 Å². The van der Waals surface area contributed by atoms with Gasteiger partial charge in [-0.1, -0.05) is 6.92 Å². The lowest BCUT2D eigenvalue weighted by atomic mass is 10.0. The Kier molecular flexibility index (Phi) is 4.79. The predicted molar refractivity (Wildman–Crippen MR) is 118 cm³/mol. The number of non-ortho nitro benzene ring substituents is 1. The molecule has 4 heterocycles. The van der Waals surface area contributed by atoms with Crippen LogP contribution in [0.4, 0.5) is 10.7 Å². The number of aryl methyl sites for hydroxylation is 1. The fourth-order valence-electron chi connectivity index (χ4n) is 4.27. The molecule has 1 atom stereocenters. The summed E-state index contributed by atoms with van der Waals surface area (Å²) in [6, 6.07) is 8.33. The minimum atomic E-state index is -0.463. The van der Waals surface area contributed by atoms with Gasteiger partial charge in [0, 0.05) is 35.7 Å². The minimum Gasteiger partial charge on any atom is -0.457 e. The molecule has 0 fully saturated rings. The summed E-state index contributed by atoms with van der Waals surface area (Å²) in [5.41, 5.74) is 3.51. The van der Waals surface area contributed by atoms with Crippen LogP contribution < -0.4 is 10.6 Å². The number of amides is 1. The topological polar surface area (TPSA) is 101 Å². The first-order chi connectivity index (χ1) is 14.9. The molecule has 2 aliphatic heterocycles. The van der Waals surface area contributed by atoms with E-state index in [1.807, 2.05) is 19.1 Å². The van der Waals surface area contributed by atoms with E-state index in [2.05, 4.69) is 22.5 Å². The lowest BCUT2D eigenvalue weighted by molar-refractivity contribution is -0.384. The van der Waals surface area contributed by atoms with Crippen molar-refractivity contribution in [2.75, 3.05) is 18.4 Å². The summed E-state index contributed by atoms with van der Waals surface area (Å²) < 4.78 is 6.04. The number of hydrogen-bond acceptors (Lipinski definition) is 7. The van der Waals surface area contributed by atoms with Gasteiger partial charge < -0.3 is 15.1 Å². The summed E-state index contributed by atoms with van der Waals surface area (Å²) in [5, 5.41) is 18.3. The van der Waals surface area contributed by atoms with Gasteiger partial charge in [0.2, 0.25) is 0 Å². The van der Waals surface area contributed by atoms with Gasteiger partial charge in [0.15, 0.2) is 6.17 Å². The Balaban J connectivity index is 1.41. The zero-order valence-corrected chi connectivity index (χ0v) is 18.0. The number of furan rings is 1. The van der Waals surface area contributed by atoms with E-state index in [1.165, 1.54) is 17.0 Å². The molecule has 1 aromatic carbocycles. The fourth-order valence-corrected chi connectivity index (χ4v) is 5.59. The molecule has 3 aromatic rings. The number of anilines is 1. The maximum absolute atomic E-state index is 12.9. The number of fused-ring (bicyclic) bond motifs is 3. The largest absolute Gasteiger partial charge is 0.457 e. The van der Waals surface area contributed by atoms with E-state index in [4.69, 9.17) is 4.42 Å². The predicted octanol–water partition coefficient (Wildman–Crippen LogP) is 4.46. The van der Waals surface area contributed by atoms with Crippen LogP contribution in [0.25, 0.3) is 11.3 Å². The van der Waals surface area contributed by atoms with Crippen molar-refractivity contribution < 1.29 is 14.1 Å². The van der Waals surface area contributed by atoms with E-state index >= 15 is 0 Å². The number of nitrogens with one attached hydrogen (secondary N) is 2. The van der Waals surface area contributed by atoms with Crippen LogP contribution >= 0.6 is 11.3 Å². The maximum Gasteiger partial charge on any atom is 0.269 e. The number of hydrogen-bond donors (Lipinski definition) is 2. The van der Waals surface area contributed by atoms with E-state index in [9.17, 15) is 14.9 Å². The Morgan fingerprint density at radius 1 is 1.29 bits per heavy atom. The van der Waals surface area contributed by atoms with Crippen LogP contribution in [0.2, 0.25) is 0 Å². The number of carbonyl (C=O) groups is 1. The van der Waals surface area contributed by atoms with E-state index in [-0.39, 0.29) is 11.6 Å². The van der Waals surface area contributed by atoms with Gasteiger partial charge in [0.25, 0.3) is 11.6 Å². The van der Waals surface area contributed by atoms with Crippen molar-refractivity contribution in [3.05, 3.63) is 67.8 Å². The van der Waals surface area contributed by atoms with Gasteiger partial charge in [-0.15, -0.1) is 11.3 Å². The third kappa shape index (κ3) is 3.39. The first-order valence-electron chi connectivity index (χ1n) is 10.2. The Hall–Kier alpha value is -3.17. The van der Waals surface area contributed by atoms with Gasteiger partial charge in [-0.2, -0.15) is 0 Å². The van der Waals surface area contributed by atoms with Crippen LogP contribution in [-0.4, -0.2) is 28.8 Å². The van der Waals surface area contributed by atoms with Crippen molar-refractivity contribution in [1.82, 2.24) is 10.2 Å². The van der Waals surface area contributed by atoms with E-state index in [1.54, 1.807) is 17.4 Å². The van der Waals surface area contributed by atoms with Crippen molar-refractivity contribution in [2.24, 2.45) is 0 Å². The number of carbonyl (C=O) groups excluding carboxylic acids is 1. The van der Waals surface area contributed by atoms with E-state index < -0.39 is 11.1 Å². The van der Waals surface area contributed by atoms with Crippen LogP contribution in [0.5, 0.6) is 0 Å². The Bertz CT molecular complexity index is 1200. The van der Waals surface area contributed by atoms with Gasteiger partial charge in [-0.3, -0.25) is 19.8 Å². The van der Waals surface area contributed by atoms with Gasteiger partial charge >= 0.3 is 0 Å². The molecule has 0 bridgehead atoms. The minimum absolute atomic E-state index is 0.0464. The van der Waals surface area contributed by atoms with Crippen LogP contribution in [0.1, 0.15) is 45.2 Å². The molecule has 5 rings (SSSR count). The number of benzene rings is 1. The molecule has 2 aliphatic rings. The highest BCUT2D eigenvalue weighted by Crippen LogP contribution is 2.41. The molecule has 0 saturated carbocycles. The molecule has 0 unspecified atom stereocenters.